The molecule has 1 unspecified atom stereocenters. The molecule has 2 aromatic rings. The number of nitrogens with zero attached hydrogens (tertiary/aromatic N) is 2. The van der Waals surface area contributed by atoms with Gasteiger partial charge in [0.2, 0.25) is 5.95 Å². The molecule has 1 saturated heterocycles. The maximum Gasteiger partial charge on any atom is 0.262 e. The van der Waals surface area contributed by atoms with E-state index in [2.05, 4.69) is 9.97 Å². The minimum absolute atomic E-state index is 0.0569. The van der Waals surface area contributed by atoms with Gasteiger partial charge in [0.15, 0.2) is 11.9 Å². The van der Waals surface area contributed by atoms with E-state index < -0.39 is 31.1 Å². The number of aromatic nitrogens is 3. The van der Waals surface area contributed by atoms with Crippen molar-refractivity contribution in [2.24, 2.45) is 0 Å². The van der Waals surface area contributed by atoms with Crippen LogP contribution in [0.5, 0.6) is 0 Å². The van der Waals surface area contributed by atoms with Gasteiger partial charge in [-0.2, -0.15) is 4.98 Å². The fraction of sp³-hybridized carbons (Fsp3) is 0.500. The molecule has 1 fully saturated rings. The summed E-state index contributed by atoms with van der Waals surface area (Å²) in [4.78, 5) is 18.4. The zero-order valence-corrected chi connectivity index (χ0v) is 11.2. The number of hydrogen-bond acceptors (Lipinski definition) is 7. The molecule has 1 aliphatic rings. The van der Waals surface area contributed by atoms with Crippen molar-refractivity contribution in [3.8, 4) is 0 Å². The van der Waals surface area contributed by atoms with Crippen molar-refractivity contribution in [2.45, 2.75) is 31.5 Å². The smallest absolute Gasteiger partial charge is 0.262 e. The quantitative estimate of drug-likeness (QED) is 0.440. The van der Waals surface area contributed by atoms with Crippen LogP contribution in [-0.2, 0) is 4.74 Å². The van der Waals surface area contributed by atoms with Gasteiger partial charge in [-0.05, 0) is 12.5 Å². The fourth-order valence-electron chi connectivity index (χ4n) is 2.66. The van der Waals surface area contributed by atoms with Crippen molar-refractivity contribution < 1.29 is 20.1 Å². The van der Waals surface area contributed by atoms with Gasteiger partial charge in [0.25, 0.3) is 5.56 Å². The minimum Gasteiger partial charge on any atom is -0.394 e. The normalized spacial score (nSPS) is 29.3. The van der Waals surface area contributed by atoms with Crippen LogP contribution in [0.2, 0.25) is 0 Å². The standard InChI is InChI=1S/C12H16N4O5/c1-4-2-16(9-6(4)10(20)15-12(13)14-9)11-8(19)7(18)5(3-17)21-11/h2,5,7-8,11,17-19H,3H2,1H3,(H3,13,14,15,20)/t5-,7+,8?,11-/m1/s1. The van der Waals surface area contributed by atoms with Gasteiger partial charge in [-0.3, -0.25) is 9.78 Å². The second kappa shape index (κ2) is 4.81. The number of anilines is 1. The number of nitrogens with one attached hydrogen (secondary N) is 1. The lowest BCUT2D eigenvalue weighted by Gasteiger charge is -2.17. The molecule has 4 atom stereocenters. The van der Waals surface area contributed by atoms with Crippen molar-refractivity contribution in [1.82, 2.24) is 14.5 Å². The van der Waals surface area contributed by atoms with Crippen molar-refractivity contribution in [2.75, 3.05) is 12.3 Å². The van der Waals surface area contributed by atoms with Crippen LogP contribution in [-0.4, -0.2) is 54.8 Å². The number of fused-ring (bicyclic) bond motifs is 1. The predicted octanol–water partition coefficient (Wildman–Crippen LogP) is -1.77. The molecule has 0 radical (unpaired) electrons. The molecule has 0 bridgehead atoms. The van der Waals surface area contributed by atoms with Gasteiger partial charge in [-0.15, -0.1) is 0 Å². The van der Waals surface area contributed by atoms with Crippen LogP contribution in [0.4, 0.5) is 5.95 Å². The third-order valence-electron chi connectivity index (χ3n) is 3.68. The van der Waals surface area contributed by atoms with Crippen molar-refractivity contribution in [3.63, 3.8) is 0 Å². The number of aryl methyl sites for hydroxylation is 1. The van der Waals surface area contributed by atoms with Gasteiger partial charge in [0.1, 0.15) is 18.3 Å². The molecule has 0 saturated carbocycles. The predicted molar refractivity (Wildman–Crippen MR) is 72.5 cm³/mol. The fourth-order valence-corrected chi connectivity index (χ4v) is 2.66. The summed E-state index contributed by atoms with van der Waals surface area (Å²) in [6.07, 6.45) is -2.74. The maximum absolute atomic E-state index is 11.9. The number of aliphatic hydroxyl groups is 3. The van der Waals surface area contributed by atoms with Crippen molar-refractivity contribution >= 4 is 17.0 Å². The Balaban J connectivity index is 2.16. The number of nitrogen functional groups attached to an aromatic ring is 1. The van der Waals surface area contributed by atoms with E-state index in [-0.39, 0.29) is 17.2 Å². The third-order valence-corrected chi connectivity index (χ3v) is 3.68. The molecule has 0 amide bonds. The summed E-state index contributed by atoms with van der Waals surface area (Å²) in [5, 5.41) is 29.3. The Morgan fingerprint density at radius 3 is 2.81 bits per heavy atom. The molecule has 21 heavy (non-hydrogen) atoms. The molecule has 3 rings (SSSR count). The van der Waals surface area contributed by atoms with Gasteiger partial charge >= 0.3 is 0 Å². The number of hydrogen-bond donors (Lipinski definition) is 5. The Labute approximate surface area is 118 Å². The minimum atomic E-state index is -1.25. The molecule has 2 aromatic heterocycles. The first-order chi connectivity index (χ1) is 9.93. The highest BCUT2D eigenvalue weighted by molar-refractivity contribution is 5.80. The van der Waals surface area contributed by atoms with Crippen LogP contribution in [0, 0.1) is 6.92 Å². The highest BCUT2D eigenvalue weighted by Gasteiger charge is 2.44. The van der Waals surface area contributed by atoms with E-state index >= 15 is 0 Å². The van der Waals surface area contributed by atoms with E-state index in [4.69, 9.17) is 15.6 Å². The average molecular weight is 296 g/mol. The van der Waals surface area contributed by atoms with Crippen LogP contribution in [0.1, 0.15) is 11.8 Å². The topological polar surface area (TPSA) is 147 Å². The average Bonchev–Trinajstić information content (AvgIpc) is 2.89. The van der Waals surface area contributed by atoms with E-state index in [0.29, 0.717) is 10.9 Å². The van der Waals surface area contributed by atoms with Crippen LogP contribution in [0.3, 0.4) is 0 Å². The van der Waals surface area contributed by atoms with Crippen LogP contribution < -0.4 is 11.3 Å². The Hall–Kier alpha value is -1.94. The lowest BCUT2D eigenvalue weighted by Crippen LogP contribution is -2.33. The largest absolute Gasteiger partial charge is 0.394 e. The third kappa shape index (κ3) is 2.02. The first-order valence-corrected chi connectivity index (χ1v) is 6.43. The second-order valence-corrected chi connectivity index (χ2v) is 5.10. The van der Waals surface area contributed by atoms with Crippen LogP contribution in [0.15, 0.2) is 11.0 Å². The molecule has 0 spiro atoms. The van der Waals surface area contributed by atoms with Crippen molar-refractivity contribution in [1.29, 1.82) is 0 Å². The van der Waals surface area contributed by atoms with Gasteiger partial charge in [-0.1, -0.05) is 0 Å². The molecule has 1 aliphatic heterocycles. The molecule has 0 aliphatic carbocycles. The number of aliphatic hydroxyl groups excluding tert-OH is 3. The summed E-state index contributed by atoms with van der Waals surface area (Å²) in [6, 6.07) is 0. The number of rotatable bonds is 2. The molecule has 0 aromatic carbocycles. The zero-order valence-electron chi connectivity index (χ0n) is 11.2. The summed E-state index contributed by atoms with van der Waals surface area (Å²) in [6.45, 7) is 1.29. The Kier molecular flexibility index (Phi) is 3.21. The van der Waals surface area contributed by atoms with Gasteiger partial charge < -0.3 is 30.4 Å². The van der Waals surface area contributed by atoms with E-state index in [1.807, 2.05) is 0 Å². The van der Waals surface area contributed by atoms with E-state index in [1.165, 1.54) is 4.57 Å². The summed E-state index contributed by atoms with van der Waals surface area (Å²) in [5.41, 5.74) is 6.04. The van der Waals surface area contributed by atoms with Gasteiger partial charge in [0.05, 0.1) is 12.0 Å². The second-order valence-electron chi connectivity index (χ2n) is 5.10. The Morgan fingerprint density at radius 2 is 2.19 bits per heavy atom. The Bertz CT molecular complexity index is 739. The number of aromatic amines is 1. The summed E-state index contributed by atoms with van der Waals surface area (Å²) in [5.74, 6) is -0.0569. The highest BCUT2D eigenvalue weighted by Crippen LogP contribution is 2.32. The summed E-state index contributed by atoms with van der Waals surface area (Å²) < 4.78 is 6.89. The van der Waals surface area contributed by atoms with E-state index in [0.717, 1.165) is 0 Å². The molecule has 114 valence electrons. The first kappa shape index (κ1) is 14.0. The van der Waals surface area contributed by atoms with Crippen molar-refractivity contribution in [3.05, 3.63) is 22.1 Å². The number of nitrogens with two attached hydrogens (primary N) is 1. The SMILES string of the molecule is Cc1cn([C@@H]2O[C@H](CO)[C@H](O)C2O)c2nc(N)[nH]c(=O)c12. The molecule has 6 N–H and O–H groups in total. The zero-order chi connectivity index (χ0) is 15.3. The van der Waals surface area contributed by atoms with Crippen LogP contribution in [0.25, 0.3) is 11.0 Å². The Morgan fingerprint density at radius 1 is 1.48 bits per heavy atom. The van der Waals surface area contributed by atoms with Gasteiger partial charge in [-0.25, -0.2) is 0 Å². The lowest BCUT2D eigenvalue weighted by atomic mass is 10.1. The number of H-pyrrole nitrogens is 1. The number of ether oxygens (including phenoxy) is 1. The maximum atomic E-state index is 11.9. The summed E-state index contributed by atoms with van der Waals surface area (Å²) in [7, 11) is 0. The van der Waals surface area contributed by atoms with Gasteiger partial charge in [0, 0.05) is 6.20 Å². The van der Waals surface area contributed by atoms with Crippen LogP contribution >= 0.6 is 0 Å². The van der Waals surface area contributed by atoms with E-state index in [1.54, 1.807) is 13.1 Å². The lowest BCUT2D eigenvalue weighted by molar-refractivity contribution is -0.0508. The molecule has 3 heterocycles. The highest BCUT2D eigenvalue weighted by atomic mass is 16.6. The molecular formula is C12H16N4O5. The first-order valence-electron chi connectivity index (χ1n) is 6.43. The molecular weight excluding hydrogens is 280 g/mol. The molecule has 9 nitrogen and oxygen atoms in total. The summed E-state index contributed by atoms with van der Waals surface area (Å²) >= 11 is 0. The molecule has 9 heteroatoms. The van der Waals surface area contributed by atoms with E-state index in [9.17, 15) is 15.0 Å². The monoisotopic (exact) mass is 296 g/mol.